The Morgan fingerprint density at radius 2 is 2.04 bits per heavy atom. The number of hydrogen-bond acceptors (Lipinski definition) is 7. The van der Waals surface area contributed by atoms with Crippen molar-refractivity contribution in [2.75, 3.05) is 24.9 Å². The van der Waals surface area contributed by atoms with Crippen LogP contribution in [0.3, 0.4) is 0 Å². The van der Waals surface area contributed by atoms with Crippen LogP contribution >= 0.6 is 22.7 Å². The molecule has 10 heteroatoms. The number of amides is 1. The molecule has 2 aromatic heterocycles. The largest absolute Gasteiger partial charge is 0.347 e. The number of carbonyl (C=O) groups is 1. The lowest BCUT2D eigenvalue weighted by atomic mass is 10.1. The summed E-state index contributed by atoms with van der Waals surface area (Å²) in [5.74, 6) is -0.170. The van der Waals surface area contributed by atoms with Gasteiger partial charge in [-0.1, -0.05) is 6.07 Å². The number of carbonyl (C=O) groups excluding carboxylic acids is 1. The number of sulfonamides is 1. The van der Waals surface area contributed by atoms with Crippen molar-refractivity contribution in [3.63, 3.8) is 0 Å². The minimum atomic E-state index is -3.60. The highest BCUT2D eigenvalue weighted by molar-refractivity contribution is 7.94. The molecule has 7 nitrogen and oxygen atoms in total. The Morgan fingerprint density at radius 1 is 1.25 bits per heavy atom. The van der Waals surface area contributed by atoms with Gasteiger partial charge in [-0.2, -0.15) is 0 Å². The van der Waals surface area contributed by atoms with Gasteiger partial charge in [0.2, 0.25) is 0 Å². The average molecular weight is 437 g/mol. The number of aromatic nitrogens is 1. The highest BCUT2D eigenvalue weighted by Gasteiger charge is 2.21. The van der Waals surface area contributed by atoms with Crippen LogP contribution in [0.5, 0.6) is 0 Å². The summed E-state index contributed by atoms with van der Waals surface area (Å²) in [7, 11) is -1.52. The van der Waals surface area contributed by atoms with Gasteiger partial charge in [-0.05, 0) is 62.6 Å². The van der Waals surface area contributed by atoms with Gasteiger partial charge < -0.3 is 10.2 Å². The molecule has 3 aromatic rings. The predicted molar refractivity (Wildman–Crippen MR) is 113 cm³/mol. The van der Waals surface area contributed by atoms with Crippen molar-refractivity contribution in [1.29, 1.82) is 0 Å². The summed E-state index contributed by atoms with van der Waals surface area (Å²) in [4.78, 5) is 19.2. The van der Waals surface area contributed by atoms with Gasteiger partial charge in [0.15, 0.2) is 5.01 Å². The first-order chi connectivity index (χ1) is 13.4. The molecule has 1 aliphatic rings. The molecule has 0 atom stereocenters. The Morgan fingerprint density at radius 3 is 2.75 bits per heavy atom. The molecule has 0 saturated carbocycles. The molecule has 0 unspecified atom stereocenters. The second kappa shape index (κ2) is 7.78. The van der Waals surface area contributed by atoms with E-state index in [9.17, 15) is 13.2 Å². The van der Waals surface area contributed by atoms with Crippen molar-refractivity contribution < 1.29 is 13.2 Å². The lowest BCUT2D eigenvalue weighted by Gasteiger charge is -2.29. The maximum atomic E-state index is 12.5. The Labute approximate surface area is 171 Å². The van der Waals surface area contributed by atoms with E-state index in [1.807, 2.05) is 0 Å². The fourth-order valence-corrected chi connectivity index (χ4v) is 6.06. The summed E-state index contributed by atoms with van der Waals surface area (Å²) < 4.78 is 28.4. The highest BCUT2D eigenvalue weighted by Crippen LogP contribution is 2.27. The maximum absolute atomic E-state index is 12.5. The molecule has 3 heterocycles. The van der Waals surface area contributed by atoms with Crippen molar-refractivity contribution in [3.8, 4) is 0 Å². The molecule has 0 aliphatic carbocycles. The summed E-state index contributed by atoms with van der Waals surface area (Å²) in [5.41, 5.74) is 1.13. The SMILES string of the molecule is CN1CCC(NC(=O)c2nc3ccc(NS(=O)(=O)c4cccs4)cc3s2)CC1. The quantitative estimate of drug-likeness (QED) is 0.642. The molecule has 4 rings (SSSR count). The summed E-state index contributed by atoms with van der Waals surface area (Å²) in [6, 6.07) is 8.52. The maximum Gasteiger partial charge on any atom is 0.280 e. The number of fused-ring (bicyclic) bond motifs is 1. The molecule has 1 aromatic carbocycles. The van der Waals surface area contributed by atoms with E-state index in [2.05, 4.69) is 27.0 Å². The Bertz CT molecular complexity index is 1080. The fraction of sp³-hybridized carbons (Fsp3) is 0.333. The Balaban J connectivity index is 1.49. The zero-order valence-corrected chi connectivity index (χ0v) is 17.7. The molecule has 148 valence electrons. The van der Waals surface area contributed by atoms with E-state index in [0.717, 1.165) is 42.0 Å². The third-order valence-electron chi connectivity index (χ3n) is 4.65. The van der Waals surface area contributed by atoms with Crippen LogP contribution in [0.1, 0.15) is 22.6 Å². The van der Waals surface area contributed by atoms with Gasteiger partial charge in [-0.25, -0.2) is 13.4 Å². The van der Waals surface area contributed by atoms with Crippen molar-refractivity contribution in [1.82, 2.24) is 15.2 Å². The second-order valence-electron chi connectivity index (χ2n) is 6.79. The molecule has 0 bridgehead atoms. The van der Waals surface area contributed by atoms with Crippen LogP contribution in [-0.2, 0) is 10.0 Å². The van der Waals surface area contributed by atoms with Gasteiger partial charge in [-0.15, -0.1) is 22.7 Å². The first-order valence-corrected chi connectivity index (χ1v) is 12.0. The third kappa shape index (κ3) is 4.19. The lowest BCUT2D eigenvalue weighted by molar-refractivity contribution is 0.0916. The molecule has 28 heavy (non-hydrogen) atoms. The Hall–Kier alpha value is -2.01. The van der Waals surface area contributed by atoms with Crippen molar-refractivity contribution in [3.05, 3.63) is 40.7 Å². The number of thiazole rings is 1. The number of piperidine rings is 1. The molecule has 1 aliphatic heterocycles. The van der Waals surface area contributed by atoms with Gasteiger partial charge in [0.25, 0.3) is 15.9 Å². The Kier molecular flexibility index (Phi) is 5.37. The topological polar surface area (TPSA) is 91.4 Å². The molecule has 0 radical (unpaired) electrons. The molecule has 1 fully saturated rings. The molecule has 1 amide bonds. The number of anilines is 1. The summed E-state index contributed by atoms with van der Waals surface area (Å²) in [6.07, 6.45) is 1.86. The second-order valence-corrected chi connectivity index (χ2v) is 10.7. The molecular formula is C18H20N4O3S3. The van der Waals surface area contributed by atoms with E-state index < -0.39 is 10.0 Å². The number of nitrogens with one attached hydrogen (secondary N) is 2. The van der Waals surface area contributed by atoms with Crippen LogP contribution < -0.4 is 10.0 Å². The van der Waals surface area contributed by atoms with E-state index in [-0.39, 0.29) is 16.2 Å². The highest BCUT2D eigenvalue weighted by atomic mass is 32.2. The molecule has 1 saturated heterocycles. The molecule has 0 spiro atoms. The minimum absolute atomic E-state index is 0.170. The van der Waals surface area contributed by atoms with E-state index in [1.54, 1.807) is 35.7 Å². The number of benzene rings is 1. The zero-order chi connectivity index (χ0) is 19.7. The number of likely N-dealkylation sites (tertiary alicyclic amines) is 1. The van der Waals surface area contributed by atoms with E-state index in [4.69, 9.17) is 0 Å². The van der Waals surface area contributed by atoms with Crippen LogP contribution in [0.4, 0.5) is 5.69 Å². The normalized spacial score (nSPS) is 16.3. The van der Waals surface area contributed by atoms with E-state index in [1.165, 1.54) is 11.3 Å². The summed E-state index contributed by atoms with van der Waals surface area (Å²) in [6.45, 7) is 1.94. The molecular weight excluding hydrogens is 416 g/mol. The summed E-state index contributed by atoms with van der Waals surface area (Å²) in [5, 5.41) is 5.17. The van der Waals surface area contributed by atoms with Crippen molar-refractivity contribution >= 4 is 54.5 Å². The zero-order valence-electron chi connectivity index (χ0n) is 15.2. The first-order valence-electron chi connectivity index (χ1n) is 8.87. The smallest absolute Gasteiger partial charge is 0.280 e. The van der Waals surface area contributed by atoms with Crippen LogP contribution in [0.25, 0.3) is 10.2 Å². The van der Waals surface area contributed by atoms with Gasteiger partial charge >= 0.3 is 0 Å². The van der Waals surface area contributed by atoms with Crippen LogP contribution in [0.15, 0.2) is 39.9 Å². The first kappa shape index (κ1) is 19.3. The van der Waals surface area contributed by atoms with E-state index in [0.29, 0.717) is 16.2 Å². The predicted octanol–water partition coefficient (Wildman–Crippen LogP) is 2.98. The minimum Gasteiger partial charge on any atom is -0.347 e. The number of rotatable bonds is 5. The summed E-state index contributed by atoms with van der Waals surface area (Å²) >= 11 is 2.43. The average Bonchev–Trinajstić information content (AvgIpc) is 3.33. The third-order valence-corrected chi connectivity index (χ3v) is 8.44. The van der Waals surface area contributed by atoms with Gasteiger partial charge in [-0.3, -0.25) is 9.52 Å². The molecule has 2 N–H and O–H groups in total. The van der Waals surface area contributed by atoms with Crippen molar-refractivity contribution in [2.45, 2.75) is 23.1 Å². The standard InChI is InChI=1S/C18H20N4O3S3/c1-22-8-6-12(7-9-22)19-17(23)18-20-14-5-4-13(11-15(14)27-18)21-28(24,25)16-3-2-10-26-16/h2-5,10-12,21H,6-9H2,1H3,(H,19,23). The fourth-order valence-electron chi connectivity index (χ4n) is 3.11. The van der Waals surface area contributed by atoms with Crippen LogP contribution in [0.2, 0.25) is 0 Å². The van der Waals surface area contributed by atoms with Gasteiger partial charge in [0.1, 0.15) is 4.21 Å². The van der Waals surface area contributed by atoms with Crippen LogP contribution in [0, 0.1) is 0 Å². The lowest BCUT2D eigenvalue weighted by Crippen LogP contribution is -2.43. The number of hydrogen-bond donors (Lipinski definition) is 2. The van der Waals surface area contributed by atoms with Gasteiger partial charge in [0.05, 0.1) is 15.9 Å². The number of thiophene rings is 1. The van der Waals surface area contributed by atoms with Crippen molar-refractivity contribution in [2.24, 2.45) is 0 Å². The van der Waals surface area contributed by atoms with Crippen LogP contribution in [-0.4, -0.2) is 50.4 Å². The monoisotopic (exact) mass is 436 g/mol. The number of nitrogens with zero attached hydrogens (tertiary/aromatic N) is 2. The van der Waals surface area contributed by atoms with Gasteiger partial charge in [0, 0.05) is 6.04 Å². The van der Waals surface area contributed by atoms with E-state index >= 15 is 0 Å².